The van der Waals surface area contributed by atoms with Crippen molar-refractivity contribution in [3.05, 3.63) is 0 Å². The van der Waals surface area contributed by atoms with Gasteiger partial charge in [0, 0.05) is 13.2 Å². The van der Waals surface area contributed by atoms with E-state index in [0.717, 1.165) is 19.7 Å². The van der Waals surface area contributed by atoms with Gasteiger partial charge in [0.25, 0.3) is 0 Å². The van der Waals surface area contributed by atoms with Crippen molar-refractivity contribution in [2.45, 2.75) is 65.4 Å². The number of ether oxygens (including phenoxy) is 1. The predicted octanol–water partition coefficient (Wildman–Crippen LogP) is 3.36. The highest BCUT2D eigenvalue weighted by Crippen LogP contribution is 2.10. The first kappa shape index (κ1) is 14.9. The second-order valence-corrected chi connectivity index (χ2v) is 4.80. The summed E-state index contributed by atoms with van der Waals surface area (Å²) in [5, 5.41) is 3.32. The van der Waals surface area contributed by atoms with Crippen molar-refractivity contribution in [2.24, 2.45) is 0 Å². The SMILES string of the molecule is CCCCCCCOC(C)(C)CNCC. The molecule has 0 rings (SSSR count). The average Bonchev–Trinajstić information content (AvgIpc) is 2.20. The minimum absolute atomic E-state index is 0.0131. The molecule has 0 aliphatic rings. The van der Waals surface area contributed by atoms with Crippen LogP contribution in [-0.2, 0) is 4.74 Å². The van der Waals surface area contributed by atoms with Crippen LogP contribution in [0.2, 0.25) is 0 Å². The van der Waals surface area contributed by atoms with Crippen LogP contribution in [0.3, 0.4) is 0 Å². The maximum atomic E-state index is 5.85. The van der Waals surface area contributed by atoms with Gasteiger partial charge in [0.2, 0.25) is 0 Å². The quantitative estimate of drug-likeness (QED) is 0.564. The molecule has 0 bridgehead atoms. The Kier molecular flexibility index (Phi) is 9.12. The van der Waals surface area contributed by atoms with Crippen LogP contribution in [0.5, 0.6) is 0 Å². The summed E-state index contributed by atoms with van der Waals surface area (Å²) in [5.74, 6) is 0. The maximum Gasteiger partial charge on any atom is 0.0750 e. The molecule has 0 heterocycles. The summed E-state index contributed by atoms with van der Waals surface area (Å²) in [4.78, 5) is 0. The third-order valence-corrected chi connectivity index (χ3v) is 2.54. The van der Waals surface area contributed by atoms with E-state index in [1.54, 1.807) is 0 Å². The molecule has 2 nitrogen and oxygen atoms in total. The fourth-order valence-corrected chi connectivity index (χ4v) is 1.53. The summed E-state index contributed by atoms with van der Waals surface area (Å²) < 4.78 is 5.85. The van der Waals surface area contributed by atoms with Crippen molar-refractivity contribution in [1.29, 1.82) is 0 Å². The van der Waals surface area contributed by atoms with E-state index in [1.165, 1.54) is 32.1 Å². The number of rotatable bonds is 10. The van der Waals surface area contributed by atoms with Crippen LogP contribution in [-0.4, -0.2) is 25.3 Å². The molecule has 0 spiro atoms. The molecule has 0 amide bonds. The molecule has 0 saturated heterocycles. The van der Waals surface area contributed by atoms with Crippen molar-refractivity contribution in [3.8, 4) is 0 Å². The Hall–Kier alpha value is -0.0800. The first-order chi connectivity index (χ1) is 7.12. The van der Waals surface area contributed by atoms with E-state index in [9.17, 15) is 0 Å². The molecule has 0 aromatic rings. The molecule has 0 aliphatic heterocycles. The van der Waals surface area contributed by atoms with Gasteiger partial charge in [-0.25, -0.2) is 0 Å². The fourth-order valence-electron chi connectivity index (χ4n) is 1.53. The molecular weight excluding hydrogens is 186 g/mol. The lowest BCUT2D eigenvalue weighted by Gasteiger charge is -2.25. The Bertz CT molecular complexity index is 134. The molecule has 0 radical (unpaired) electrons. The molecule has 1 N–H and O–H groups in total. The third-order valence-electron chi connectivity index (χ3n) is 2.54. The van der Waals surface area contributed by atoms with E-state index in [4.69, 9.17) is 4.74 Å². The van der Waals surface area contributed by atoms with Gasteiger partial charge in [0.05, 0.1) is 5.60 Å². The van der Waals surface area contributed by atoms with Gasteiger partial charge in [0.1, 0.15) is 0 Å². The topological polar surface area (TPSA) is 21.3 Å². The summed E-state index contributed by atoms with van der Waals surface area (Å²) in [6.45, 7) is 11.5. The van der Waals surface area contributed by atoms with Gasteiger partial charge in [-0.05, 0) is 26.8 Å². The lowest BCUT2D eigenvalue weighted by Crippen LogP contribution is -2.37. The number of hydrogen-bond donors (Lipinski definition) is 1. The Morgan fingerprint density at radius 2 is 1.67 bits per heavy atom. The number of likely N-dealkylation sites (N-methyl/N-ethyl adjacent to an activating group) is 1. The lowest BCUT2D eigenvalue weighted by molar-refractivity contribution is -0.0177. The Morgan fingerprint density at radius 3 is 2.27 bits per heavy atom. The molecule has 2 heteroatoms. The van der Waals surface area contributed by atoms with Crippen LogP contribution in [0.25, 0.3) is 0 Å². The molecule has 15 heavy (non-hydrogen) atoms. The monoisotopic (exact) mass is 215 g/mol. The van der Waals surface area contributed by atoms with Crippen molar-refractivity contribution < 1.29 is 4.74 Å². The van der Waals surface area contributed by atoms with E-state index in [0.29, 0.717) is 0 Å². The smallest absolute Gasteiger partial charge is 0.0750 e. The normalized spacial score (nSPS) is 12.0. The van der Waals surface area contributed by atoms with Gasteiger partial charge < -0.3 is 10.1 Å². The van der Waals surface area contributed by atoms with E-state index in [2.05, 4.69) is 33.0 Å². The van der Waals surface area contributed by atoms with E-state index >= 15 is 0 Å². The standard InChI is InChI=1S/C13H29NO/c1-5-7-8-9-10-11-15-13(3,4)12-14-6-2/h14H,5-12H2,1-4H3. The largest absolute Gasteiger partial charge is 0.374 e. The van der Waals surface area contributed by atoms with Crippen molar-refractivity contribution in [3.63, 3.8) is 0 Å². The average molecular weight is 215 g/mol. The lowest BCUT2D eigenvalue weighted by atomic mass is 10.1. The van der Waals surface area contributed by atoms with Crippen molar-refractivity contribution >= 4 is 0 Å². The number of hydrogen-bond acceptors (Lipinski definition) is 2. The fraction of sp³-hybridized carbons (Fsp3) is 1.00. The Morgan fingerprint density at radius 1 is 1.00 bits per heavy atom. The zero-order chi connectivity index (χ0) is 11.6. The van der Waals surface area contributed by atoms with Gasteiger partial charge in [-0.3, -0.25) is 0 Å². The molecule has 0 atom stereocenters. The number of nitrogens with one attached hydrogen (secondary N) is 1. The van der Waals surface area contributed by atoms with E-state index in [-0.39, 0.29) is 5.60 Å². The molecule has 0 unspecified atom stereocenters. The maximum absolute atomic E-state index is 5.85. The summed E-state index contributed by atoms with van der Waals surface area (Å²) >= 11 is 0. The predicted molar refractivity (Wildman–Crippen MR) is 67.3 cm³/mol. The summed E-state index contributed by atoms with van der Waals surface area (Å²) in [6, 6.07) is 0. The van der Waals surface area contributed by atoms with Gasteiger partial charge in [-0.2, -0.15) is 0 Å². The third kappa shape index (κ3) is 10.2. The summed E-state index contributed by atoms with van der Waals surface area (Å²) in [7, 11) is 0. The van der Waals surface area contributed by atoms with Crippen LogP contribution in [0.1, 0.15) is 59.8 Å². The molecule has 0 aromatic carbocycles. The second-order valence-electron chi connectivity index (χ2n) is 4.80. The second kappa shape index (κ2) is 9.17. The highest BCUT2D eigenvalue weighted by molar-refractivity contribution is 4.71. The van der Waals surface area contributed by atoms with Gasteiger partial charge >= 0.3 is 0 Å². The highest BCUT2D eigenvalue weighted by Gasteiger charge is 2.16. The Labute approximate surface area is 95.8 Å². The molecule has 0 fully saturated rings. The molecule has 0 aromatic heterocycles. The van der Waals surface area contributed by atoms with Crippen molar-refractivity contribution in [1.82, 2.24) is 5.32 Å². The molecular formula is C13H29NO. The Balaban J connectivity index is 3.32. The zero-order valence-electron chi connectivity index (χ0n) is 11.1. The summed E-state index contributed by atoms with van der Waals surface area (Å²) in [5.41, 5.74) is -0.0131. The summed E-state index contributed by atoms with van der Waals surface area (Å²) in [6.07, 6.45) is 6.54. The first-order valence-corrected chi connectivity index (χ1v) is 6.47. The van der Waals surface area contributed by atoms with Gasteiger partial charge in [-0.15, -0.1) is 0 Å². The highest BCUT2D eigenvalue weighted by atomic mass is 16.5. The minimum atomic E-state index is -0.0131. The van der Waals surface area contributed by atoms with Gasteiger partial charge in [-0.1, -0.05) is 39.5 Å². The van der Waals surface area contributed by atoms with Crippen LogP contribution < -0.4 is 5.32 Å². The molecule has 92 valence electrons. The first-order valence-electron chi connectivity index (χ1n) is 6.47. The molecule has 0 saturated carbocycles. The van der Waals surface area contributed by atoms with Crippen LogP contribution in [0.4, 0.5) is 0 Å². The number of unbranched alkanes of at least 4 members (excludes halogenated alkanes) is 4. The van der Waals surface area contributed by atoms with Crippen LogP contribution in [0.15, 0.2) is 0 Å². The van der Waals surface area contributed by atoms with Gasteiger partial charge in [0.15, 0.2) is 0 Å². The van der Waals surface area contributed by atoms with Crippen LogP contribution in [0, 0.1) is 0 Å². The van der Waals surface area contributed by atoms with Crippen LogP contribution >= 0.6 is 0 Å². The van der Waals surface area contributed by atoms with Crippen molar-refractivity contribution in [2.75, 3.05) is 19.7 Å². The molecule has 0 aliphatic carbocycles. The van der Waals surface area contributed by atoms with E-state index in [1.807, 2.05) is 0 Å². The van der Waals surface area contributed by atoms with E-state index < -0.39 is 0 Å². The minimum Gasteiger partial charge on any atom is -0.374 e. The zero-order valence-corrected chi connectivity index (χ0v) is 11.1.